The number of fused-ring (bicyclic) bond motifs is 1. The fraction of sp³-hybridized carbons (Fsp3) is 0.500. The zero-order valence-corrected chi connectivity index (χ0v) is 11.6. The van der Waals surface area contributed by atoms with Crippen molar-refractivity contribution in [2.75, 3.05) is 26.3 Å². The average molecular weight is 279 g/mol. The van der Waals surface area contributed by atoms with Crippen molar-refractivity contribution in [1.82, 2.24) is 10.6 Å². The van der Waals surface area contributed by atoms with Crippen LogP contribution in [0.1, 0.15) is 24.9 Å². The summed E-state index contributed by atoms with van der Waals surface area (Å²) < 4.78 is 11.3. The largest absolute Gasteiger partial charge is 0.490 e. The number of nitrogens with one attached hydrogen (secondary N) is 2. The Morgan fingerprint density at radius 2 is 2.05 bits per heavy atom. The van der Waals surface area contributed by atoms with Gasteiger partial charge in [0.15, 0.2) is 11.5 Å². The highest BCUT2D eigenvalue weighted by molar-refractivity contribution is 5.71. The number of carbonyl (C=O) groups excluding carboxylic acids is 1. The van der Waals surface area contributed by atoms with Crippen molar-refractivity contribution in [1.29, 1.82) is 0 Å². The minimum absolute atomic E-state index is 0.154. The topological polar surface area (TPSA) is 85.6 Å². The molecule has 2 rings (SSSR count). The number of rotatable bonds is 5. The molecule has 1 atom stereocenters. The van der Waals surface area contributed by atoms with E-state index in [0.717, 1.165) is 23.5 Å². The first-order valence-corrected chi connectivity index (χ1v) is 6.83. The Bertz CT molecular complexity index is 465. The number of amides is 2. The monoisotopic (exact) mass is 279 g/mol. The molecule has 1 unspecified atom stereocenters. The Hall–Kier alpha value is -1.95. The third-order valence-electron chi connectivity index (χ3n) is 3.15. The van der Waals surface area contributed by atoms with Crippen molar-refractivity contribution in [2.45, 2.75) is 19.4 Å². The molecule has 1 aliphatic heterocycles. The van der Waals surface area contributed by atoms with Gasteiger partial charge in [-0.3, -0.25) is 0 Å². The molecule has 1 aromatic rings. The van der Waals surface area contributed by atoms with Crippen LogP contribution in [0.3, 0.4) is 0 Å². The van der Waals surface area contributed by atoms with E-state index >= 15 is 0 Å². The number of benzene rings is 1. The van der Waals surface area contributed by atoms with Crippen LogP contribution in [0.15, 0.2) is 18.2 Å². The first kappa shape index (κ1) is 14.5. The standard InChI is InChI=1S/C14H21N3O3/c1-10(16-5-6-17-14(15)18)11-3-4-12-13(9-11)20-8-2-7-19-12/h3-4,9-10,16H,2,5-8H2,1H3,(H3,15,17,18). The van der Waals surface area contributed by atoms with Gasteiger partial charge < -0.3 is 25.8 Å². The van der Waals surface area contributed by atoms with E-state index in [4.69, 9.17) is 15.2 Å². The number of nitrogens with two attached hydrogens (primary N) is 1. The normalized spacial score (nSPS) is 15.2. The second-order valence-electron chi connectivity index (χ2n) is 4.72. The van der Waals surface area contributed by atoms with E-state index in [2.05, 4.69) is 17.6 Å². The Balaban J connectivity index is 1.91. The highest BCUT2D eigenvalue weighted by atomic mass is 16.5. The van der Waals surface area contributed by atoms with Crippen molar-refractivity contribution in [3.8, 4) is 11.5 Å². The number of ether oxygens (including phenoxy) is 2. The SMILES string of the molecule is CC(NCCNC(N)=O)c1ccc2c(c1)OCCCO2. The Morgan fingerprint density at radius 3 is 2.80 bits per heavy atom. The van der Waals surface area contributed by atoms with E-state index in [1.165, 1.54) is 0 Å². The van der Waals surface area contributed by atoms with Gasteiger partial charge in [0, 0.05) is 25.6 Å². The van der Waals surface area contributed by atoms with Crippen molar-refractivity contribution in [3.05, 3.63) is 23.8 Å². The summed E-state index contributed by atoms with van der Waals surface area (Å²) in [5.41, 5.74) is 6.12. The number of hydrogen-bond acceptors (Lipinski definition) is 4. The van der Waals surface area contributed by atoms with Gasteiger partial charge in [-0.25, -0.2) is 4.79 Å². The van der Waals surface area contributed by atoms with Gasteiger partial charge >= 0.3 is 6.03 Å². The van der Waals surface area contributed by atoms with Crippen LogP contribution in [0.25, 0.3) is 0 Å². The van der Waals surface area contributed by atoms with Gasteiger partial charge in [-0.1, -0.05) is 6.07 Å². The van der Waals surface area contributed by atoms with E-state index in [-0.39, 0.29) is 6.04 Å². The van der Waals surface area contributed by atoms with E-state index in [1.54, 1.807) is 0 Å². The minimum Gasteiger partial charge on any atom is -0.490 e. The summed E-state index contributed by atoms with van der Waals surface area (Å²) in [5, 5.41) is 5.85. The molecule has 0 spiro atoms. The molecule has 1 heterocycles. The maximum Gasteiger partial charge on any atom is 0.312 e. The summed E-state index contributed by atoms with van der Waals surface area (Å²) in [6, 6.07) is 5.61. The molecule has 0 bridgehead atoms. The van der Waals surface area contributed by atoms with Crippen molar-refractivity contribution < 1.29 is 14.3 Å². The molecule has 6 heteroatoms. The van der Waals surface area contributed by atoms with E-state index in [1.807, 2.05) is 18.2 Å². The molecule has 20 heavy (non-hydrogen) atoms. The first-order valence-electron chi connectivity index (χ1n) is 6.83. The second-order valence-corrected chi connectivity index (χ2v) is 4.72. The van der Waals surface area contributed by atoms with Crippen LogP contribution >= 0.6 is 0 Å². The summed E-state index contributed by atoms with van der Waals surface area (Å²) in [6.45, 7) is 4.59. The molecule has 0 aliphatic carbocycles. The van der Waals surface area contributed by atoms with Gasteiger partial charge in [0.2, 0.25) is 0 Å². The first-order chi connectivity index (χ1) is 9.66. The Kier molecular flexibility index (Phi) is 5.06. The smallest absolute Gasteiger partial charge is 0.312 e. The molecule has 1 aliphatic rings. The third kappa shape index (κ3) is 4.03. The quantitative estimate of drug-likeness (QED) is 0.706. The lowest BCUT2D eigenvalue weighted by Gasteiger charge is -2.16. The molecule has 0 radical (unpaired) electrons. The van der Waals surface area contributed by atoms with E-state index < -0.39 is 6.03 Å². The predicted molar refractivity (Wildman–Crippen MR) is 76.1 cm³/mol. The zero-order chi connectivity index (χ0) is 14.4. The minimum atomic E-state index is -0.505. The van der Waals surface area contributed by atoms with Crippen molar-refractivity contribution >= 4 is 6.03 Å². The van der Waals surface area contributed by atoms with Crippen molar-refractivity contribution in [3.63, 3.8) is 0 Å². The van der Waals surface area contributed by atoms with Crippen molar-refractivity contribution in [2.24, 2.45) is 5.73 Å². The van der Waals surface area contributed by atoms with Crippen LogP contribution < -0.4 is 25.8 Å². The number of carbonyl (C=O) groups is 1. The van der Waals surface area contributed by atoms with Crippen LogP contribution in [0.2, 0.25) is 0 Å². The molecule has 0 saturated carbocycles. The predicted octanol–water partition coefficient (Wildman–Crippen LogP) is 1.17. The third-order valence-corrected chi connectivity index (χ3v) is 3.15. The summed E-state index contributed by atoms with van der Waals surface area (Å²) >= 11 is 0. The number of hydrogen-bond donors (Lipinski definition) is 3. The van der Waals surface area contributed by atoms with E-state index in [0.29, 0.717) is 26.3 Å². The lowest BCUT2D eigenvalue weighted by atomic mass is 10.1. The highest BCUT2D eigenvalue weighted by Crippen LogP contribution is 2.32. The van der Waals surface area contributed by atoms with Crippen LogP contribution in [-0.2, 0) is 0 Å². The van der Waals surface area contributed by atoms with Crippen LogP contribution in [-0.4, -0.2) is 32.3 Å². The van der Waals surface area contributed by atoms with E-state index in [9.17, 15) is 4.79 Å². The van der Waals surface area contributed by atoms with Gasteiger partial charge in [-0.15, -0.1) is 0 Å². The van der Waals surface area contributed by atoms with Gasteiger partial charge in [-0.05, 0) is 24.6 Å². The lowest BCUT2D eigenvalue weighted by molar-refractivity contribution is 0.249. The second kappa shape index (κ2) is 7.00. The molecule has 0 aromatic heterocycles. The van der Waals surface area contributed by atoms with Crippen LogP contribution in [0, 0.1) is 0 Å². The summed E-state index contributed by atoms with van der Waals surface area (Å²) in [4.78, 5) is 10.6. The number of primary amides is 1. The maximum absolute atomic E-state index is 10.6. The number of urea groups is 1. The van der Waals surface area contributed by atoms with Crippen LogP contribution in [0.5, 0.6) is 11.5 Å². The highest BCUT2D eigenvalue weighted by Gasteiger charge is 2.13. The lowest BCUT2D eigenvalue weighted by Crippen LogP contribution is -2.36. The Labute approximate surface area is 118 Å². The van der Waals surface area contributed by atoms with Crippen LogP contribution in [0.4, 0.5) is 4.79 Å². The average Bonchev–Trinajstić information content (AvgIpc) is 2.67. The Morgan fingerprint density at radius 1 is 1.30 bits per heavy atom. The molecule has 0 saturated heterocycles. The molecule has 1 aromatic carbocycles. The summed E-state index contributed by atoms with van der Waals surface area (Å²) in [7, 11) is 0. The molecule has 0 fully saturated rings. The van der Waals surface area contributed by atoms with Gasteiger partial charge in [-0.2, -0.15) is 0 Å². The molecule has 2 amide bonds. The van der Waals surface area contributed by atoms with Gasteiger partial charge in [0.05, 0.1) is 13.2 Å². The molecular formula is C14H21N3O3. The molecular weight excluding hydrogens is 258 g/mol. The summed E-state index contributed by atoms with van der Waals surface area (Å²) in [5.74, 6) is 1.60. The summed E-state index contributed by atoms with van der Waals surface area (Å²) in [6.07, 6.45) is 0.899. The maximum atomic E-state index is 10.6. The molecule has 6 nitrogen and oxygen atoms in total. The zero-order valence-electron chi connectivity index (χ0n) is 11.6. The van der Waals surface area contributed by atoms with Gasteiger partial charge in [0.25, 0.3) is 0 Å². The molecule has 4 N–H and O–H groups in total. The molecule has 110 valence electrons. The fourth-order valence-corrected chi connectivity index (χ4v) is 2.04. The fourth-order valence-electron chi connectivity index (χ4n) is 2.04. The van der Waals surface area contributed by atoms with Gasteiger partial charge in [0.1, 0.15) is 0 Å².